The van der Waals surface area contributed by atoms with E-state index in [1.165, 1.54) is 5.57 Å². The maximum atomic E-state index is 11.8. The summed E-state index contributed by atoms with van der Waals surface area (Å²) in [7, 11) is 0. The Morgan fingerprint density at radius 3 is 2.95 bits per heavy atom. The molecule has 2 rings (SSSR count). The van der Waals surface area contributed by atoms with Crippen LogP contribution >= 0.6 is 35.0 Å². The molecule has 1 heterocycles. The first-order chi connectivity index (χ1) is 10.1. The summed E-state index contributed by atoms with van der Waals surface area (Å²) < 4.78 is 0. The summed E-state index contributed by atoms with van der Waals surface area (Å²) in [5.41, 5.74) is 2.30. The summed E-state index contributed by atoms with van der Waals surface area (Å²) in [6.45, 7) is 2.54. The van der Waals surface area contributed by atoms with Gasteiger partial charge in [0.2, 0.25) is 5.91 Å². The molecule has 0 fully saturated rings. The fourth-order valence-electron chi connectivity index (χ4n) is 1.99. The Kier molecular flexibility index (Phi) is 6.90. The quantitative estimate of drug-likeness (QED) is 0.778. The predicted octanol–water partition coefficient (Wildman–Crippen LogP) is 3.26. The molecule has 1 aromatic carbocycles. The summed E-state index contributed by atoms with van der Waals surface area (Å²) in [5, 5.41) is 7.48. The maximum Gasteiger partial charge on any atom is 0.230 e. The van der Waals surface area contributed by atoms with E-state index in [0.29, 0.717) is 28.1 Å². The third-order valence-electron chi connectivity index (χ3n) is 3.18. The van der Waals surface area contributed by atoms with Crippen molar-refractivity contribution in [3.8, 4) is 0 Å². The molecule has 0 saturated carbocycles. The summed E-state index contributed by atoms with van der Waals surface area (Å²) in [6, 6.07) is 5.44. The van der Waals surface area contributed by atoms with Gasteiger partial charge in [0.25, 0.3) is 0 Å². The number of hydrogen-bond donors (Lipinski definition) is 2. The average molecular weight is 345 g/mol. The lowest BCUT2D eigenvalue weighted by atomic mass is 10.1. The first-order valence-electron chi connectivity index (χ1n) is 6.82. The molecule has 0 radical (unpaired) electrons. The van der Waals surface area contributed by atoms with E-state index in [2.05, 4.69) is 16.7 Å². The van der Waals surface area contributed by atoms with Gasteiger partial charge in [-0.2, -0.15) is 0 Å². The number of halogens is 2. The Hall–Kier alpha value is -0.680. The molecule has 1 amide bonds. The molecule has 21 heavy (non-hydrogen) atoms. The minimum atomic E-state index is 0.0597. The van der Waals surface area contributed by atoms with Gasteiger partial charge in [0.15, 0.2) is 0 Å². The van der Waals surface area contributed by atoms with E-state index in [-0.39, 0.29) is 5.91 Å². The number of thioether (sulfide) groups is 1. The van der Waals surface area contributed by atoms with Crippen LogP contribution in [-0.2, 0) is 10.5 Å². The lowest BCUT2D eigenvalue weighted by molar-refractivity contribution is -0.118. The highest BCUT2D eigenvalue weighted by Crippen LogP contribution is 2.24. The van der Waals surface area contributed by atoms with Crippen molar-refractivity contribution in [1.29, 1.82) is 0 Å². The Labute approximate surface area is 139 Å². The van der Waals surface area contributed by atoms with Gasteiger partial charge in [-0.1, -0.05) is 40.9 Å². The van der Waals surface area contributed by atoms with Gasteiger partial charge < -0.3 is 10.6 Å². The van der Waals surface area contributed by atoms with Crippen molar-refractivity contribution in [2.45, 2.75) is 12.2 Å². The molecule has 0 saturated heterocycles. The van der Waals surface area contributed by atoms with Gasteiger partial charge >= 0.3 is 0 Å². The number of benzene rings is 1. The van der Waals surface area contributed by atoms with Crippen LogP contribution in [0.25, 0.3) is 0 Å². The van der Waals surface area contributed by atoms with Gasteiger partial charge in [-0.15, -0.1) is 11.8 Å². The molecule has 0 aromatic heterocycles. The van der Waals surface area contributed by atoms with Crippen molar-refractivity contribution in [2.24, 2.45) is 0 Å². The SMILES string of the molecule is O=C(CSCc1ccc(Cl)cc1Cl)NCC1=CCNCC1. The summed E-state index contributed by atoms with van der Waals surface area (Å²) in [4.78, 5) is 11.8. The van der Waals surface area contributed by atoms with Crippen molar-refractivity contribution in [1.82, 2.24) is 10.6 Å². The molecule has 3 nitrogen and oxygen atoms in total. The topological polar surface area (TPSA) is 41.1 Å². The molecule has 6 heteroatoms. The Morgan fingerprint density at radius 1 is 1.38 bits per heavy atom. The van der Waals surface area contributed by atoms with Gasteiger partial charge in [-0.25, -0.2) is 0 Å². The second kappa shape index (κ2) is 8.69. The number of rotatable bonds is 6. The summed E-state index contributed by atoms with van der Waals surface area (Å²) >= 11 is 13.5. The Morgan fingerprint density at radius 2 is 2.24 bits per heavy atom. The molecular formula is C15H18Cl2N2OS. The third-order valence-corrected chi connectivity index (χ3v) is 4.74. The van der Waals surface area contributed by atoms with E-state index in [4.69, 9.17) is 23.2 Å². The Bertz CT molecular complexity index is 534. The second-order valence-corrected chi connectivity index (χ2v) is 6.65. The fourth-order valence-corrected chi connectivity index (χ4v) is 3.40. The van der Waals surface area contributed by atoms with E-state index in [1.54, 1.807) is 17.8 Å². The first-order valence-corrected chi connectivity index (χ1v) is 8.73. The summed E-state index contributed by atoms with van der Waals surface area (Å²) in [5.74, 6) is 1.20. The molecule has 0 bridgehead atoms. The van der Waals surface area contributed by atoms with Crippen LogP contribution < -0.4 is 10.6 Å². The van der Waals surface area contributed by atoms with Gasteiger partial charge in [-0.3, -0.25) is 4.79 Å². The molecule has 0 unspecified atom stereocenters. The number of amides is 1. The minimum absolute atomic E-state index is 0.0597. The van der Waals surface area contributed by atoms with Crippen molar-refractivity contribution in [2.75, 3.05) is 25.4 Å². The lowest BCUT2D eigenvalue weighted by Crippen LogP contribution is -2.30. The van der Waals surface area contributed by atoms with Crippen LogP contribution in [0, 0.1) is 0 Å². The molecule has 0 atom stereocenters. The molecule has 1 aliphatic heterocycles. The van der Waals surface area contributed by atoms with E-state index >= 15 is 0 Å². The first kappa shape index (κ1) is 16.7. The smallest absolute Gasteiger partial charge is 0.230 e. The standard InChI is InChI=1S/C15H18Cl2N2OS/c16-13-2-1-12(14(17)7-13)9-21-10-15(20)19-8-11-3-5-18-6-4-11/h1-3,7,18H,4-6,8-10H2,(H,19,20). The van der Waals surface area contributed by atoms with Crippen molar-refractivity contribution >= 4 is 40.9 Å². The number of hydrogen-bond acceptors (Lipinski definition) is 3. The monoisotopic (exact) mass is 344 g/mol. The lowest BCUT2D eigenvalue weighted by Gasteiger charge is -2.14. The predicted molar refractivity (Wildman–Crippen MR) is 91.2 cm³/mol. The minimum Gasteiger partial charge on any atom is -0.352 e. The van der Waals surface area contributed by atoms with Gasteiger partial charge in [0.1, 0.15) is 0 Å². The third kappa shape index (κ3) is 5.91. The van der Waals surface area contributed by atoms with Crippen LogP contribution in [-0.4, -0.2) is 31.3 Å². The molecule has 0 aliphatic carbocycles. The Balaban J connectivity index is 1.68. The van der Waals surface area contributed by atoms with Crippen LogP contribution in [0.4, 0.5) is 0 Å². The van der Waals surface area contributed by atoms with E-state index in [9.17, 15) is 4.79 Å². The van der Waals surface area contributed by atoms with Crippen LogP contribution in [0.15, 0.2) is 29.8 Å². The highest BCUT2D eigenvalue weighted by Gasteiger charge is 2.07. The molecule has 114 valence electrons. The molecule has 0 spiro atoms. The second-order valence-electron chi connectivity index (χ2n) is 4.82. The largest absolute Gasteiger partial charge is 0.352 e. The van der Waals surface area contributed by atoms with E-state index in [1.807, 2.05) is 12.1 Å². The number of carbonyl (C=O) groups is 1. The molecule has 1 aliphatic rings. The normalized spacial score (nSPS) is 14.7. The zero-order chi connectivity index (χ0) is 15.1. The fraction of sp³-hybridized carbons (Fsp3) is 0.400. The highest BCUT2D eigenvalue weighted by atomic mass is 35.5. The van der Waals surface area contributed by atoms with Crippen LogP contribution in [0.3, 0.4) is 0 Å². The zero-order valence-electron chi connectivity index (χ0n) is 11.6. The van der Waals surface area contributed by atoms with Crippen molar-refractivity contribution in [3.05, 3.63) is 45.5 Å². The molecular weight excluding hydrogens is 327 g/mol. The van der Waals surface area contributed by atoms with E-state index in [0.717, 1.165) is 25.1 Å². The average Bonchev–Trinajstić information content (AvgIpc) is 2.48. The van der Waals surface area contributed by atoms with Crippen LogP contribution in [0.5, 0.6) is 0 Å². The number of nitrogens with one attached hydrogen (secondary N) is 2. The van der Waals surface area contributed by atoms with Crippen LogP contribution in [0.2, 0.25) is 10.0 Å². The van der Waals surface area contributed by atoms with Gasteiger partial charge in [0, 0.05) is 28.9 Å². The van der Waals surface area contributed by atoms with Crippen LogP contribution in [0.1, 0.15) is 12.0 Å². The zero-order valence-corrected chi connectivity index (χ0v) is 14.0. The highest BCUT2D eigenvalue weighted by molar-refractivity contribution is 7.99. The van der Waals surface area contributed by atoms with Crippen molar-refractivity contribution in [3.63, 3.8) is 0 Å². The molecule has 2 N–H and O–H groups in total. The maximum absolute atomic E-state index is 11.8. The number of carbonyl (C=O) groups excluding carboxylic acids is 1. The molecule has 1 aromatic rings. The van der Waals surface area contributed by atoms with Gasteiger partial charge in [0.05, 0.1) is 5.75 Å². The van der Waals surface area contributed by atoms with Gasteiger partial charge in [-0.05, 0) is 30.7 Å². The summed E-state index contributed by atoms with van der Waals surface area (Å²) in [6.07, 6.45) is 3.15. The van der Waals surface area contributed by atoms with Crippen molar-refractivity contribution < 1.29 is 4.79 Å². The van der Waals surface area contributed by atoms with E-state index < -0.39 is 0 Å².